The van der Waals surface area contributed by atoms with E-state index in [1.165, 1.54) is 49.0 Å². The molecule has 1 N–H and O–H groups in total. The summed E-state index contributed by atoms with van der Waals surface area (Å²) in [5.74, 6) is -0.102. The highest BCUT2D eigenvalue weighted by Gasteiger charge is 2.18. The van der Waals surface area contributed by atoms with Gasteiger partial charge < -0.3 is 10.1 Å². The van der Waals surface area contributed by atoms with E-state index in [2.05, 4.69) is 5.32 Å². The van der Waals surface area contributed by atoms with Crippen LogP contribution in [0.5, 0.6) is 0 Å². The monoisotopic (exact) mass is 371 g/mol. The lowest BCUT2D eigenvalue weighted by Crippen LogP contribution is -2.33. The van der Waals surface area contributed by atoms with Crippen LogP contribution in [0.15, 0.2) is 35.7 Å². The fourth-order valence-corrected chi connectivity index (χ4v) is 4.13. The molecule has 1 saturated carbocycles. The molecule has 0 bridgehead atoms. The van der Waals surface area contributed by atoms with Crippen molar-refractivity contribution in [3.8, 4) is 11.1 Å². The molecule has 1 aromatic heterocycles. The summed E-state index contributed by atoms with van der Waals surface area (Å²) in [5, 5.41) is 4.76. The first-order valence-electron chi connectivity index (χ1n) is 9.22. The minimum absolute atomic E-state index is 0.225. The Morgan fingerprint density at radius 3 is 2.58 bits per heavy atom. The van der Waals surface area contributed by atoms with Crippen LogP contribution in [-0.4, -0.2) is 25.0 Å². The van der Waals surface area contributed by atoms with Crippen LogP contribution in [0, 0.1) is 12.8 Å². The fraction of sp³-hybridized carbons (Fsp3) is 0.429. The summed E-state index contributed by atoms with van der Waals surface area (Å²) in [4.78, 5) is 24.9. The van der Waals surface area contributed by atoms with E-state index in [4.69, 9.17) is 4.74 Å². The van der Waals surface area contributed by atoms with Crippen LogP contribution in [0.4, 0.5) is 0 Å². The minimum atomic E-state index is -0.441. The lowest BCUT2D eigenvalue weighted by atomic mass is 9.89. The summed E-state index contributed by atoms with van der Waals surface area (Å²) in [6, 6.07) is 9.92. The predicted octanol–water partition coefficient (Wildman–Crippen LogP) is 4.58. The van der Waals surface area contributed by atoms with Crippen LogP contribution in [0.3, 0.4) is 0 Å². The lowest BCUT2D eigenvalue weighted by molar-refractivity contribution is -0.124. The third-order valence-electron chi connectivity index (χ3n) is 4.86. The van der Waals surface area contributed by atoms with Gasteiger partial charge in [-0.2, -0.15) is 0 Å². The average Bonchev–Trinajstić information content (AvgIpc) is 3.16. The number of aryl methyl sites for hydroxylation is 1. The molecule has 2 aromatic rings. The molecule has 5 heteroatoms. The maximum atomic E-state index is 12.4. The Morgan fingerprint density at radius 1 is 1.12 bits per heavy atom. The van der Waals surface area contributed by atoms with Gasteiger partial charge in [0.15, 0.2) is 6.61 Å². The van der Waals surface area contributed by atoms with E-state index in [-0.39, 0.29) is 12.5 Å². The third kappa shape index (κ3) is 4.94. The van der Waals surface area contributed by atoms with Crippen LogP contribution >= 0.6 is 11.3 Å². The molecule has 0 spiro atoms. The van der Waals surface area contributed by atoms with E-state index in [1.54, 1.807) is 0 Å². The first-order valence-corrected chi connectivity index (χ1v) is 10.1. The summed E-state index contributed by atoms with van der Waals surface area (Å²) in [7, 11) is 0. The van der Waals surface area contributed by atoms with Crippen LogP contribution in [0.1, 0.15) is 47.3 Å². The molecule has 1 heterocycles. The van der Waals surface area contributed by atoms with Crippen molar-refractivity contribution in [2.45, 2.75) is 39.0 Å². The molecule has 0 saturated heterocycles. The molecule has 26 heavy (non-hydrogen) atoms. The van der Waals surface area contributed by atoms with Crippen molar-refractivity contribution in [1.82, 2.24) is 5.32 Å². The largest absolute Gasteiger partial charge is 0.451 e. The maximum absolute atomic E-state index is 12.4. The van der Waals surface area contributed by atoms with Crippen molar-refractivity contribution < 1.29 is 14.3 Å². The average molecular weight is 372 g/mol. The van der Waals surface area contributed by atoms with E-state index in [0.29, 0.717) is 17.3 Å². The number of thiophene rings is 1. The Hall–Kier alpha value is -2.14. The van der Waals surface area contributed by atoms with Crippen molar-refractivity contribution in [3.05, 3.63) is 46.2 Å². The third-order valence-corrected chi connectivity index (χ3v) is 5.75. The minimum Gasteiger partial charge on any atom is -0.451 e. The van der Waals surface area contributed by atoms with Crippen molar-refractivity contribution in [2.24, 2.45) is 5.92 Å². The number of hydrogen-bond acceptors (Lipinski definition) is 4. The van der Waals surface area contributed by atoms with Crippen LogP contribution in [0.2, 0.25) is 0 Å². The van der Waals surface area contributed by atoms with Crippen molar-refractivity contribution in [1.29, 1.82) is 0 Å². The summed E-state index contributed by atoms with van der Waals surface area (Å²) < 4.78 is 5.23. The molecule has 1 amide bonds. The van der Waals surface area contributed by atoms with Crippen LogP contribution in [0.25, 0.3) is 11.1 Å². The number of amides is 1. The Labute approximate surface area is 158 Å². The number of esters is 1. The molecule has 3 rings (SSSR count). The molecule has 1 aliphatic carbocycles. The highest BCUT2D eigenvalue weighted by molar-refractivity contribution is 7.12. The topological polar surface area (TPSA) is 55.4 Å². The van der Waals surface area contributed by atoms with E-state index >= 15 is 0 Å². The molecule has 0 atom stereocenters. The van der Waals surface area contributed by atoms with Crippen LogP contribution in [-0.2, 0) is 9.53 Å². The molecule has 0 radical (unpaired) electrons. The Balaban J connectivity index is 1.51. The smallest absolute Gasteiger partial charge is 0.349 e. The highest BCUT2D eigenvalue weighted by Crippen LogP contribution is 2.29. The zero-order valence-corrected chi connectivity index (χ0v) is 15.9. The number of hydrogen-bond donors (Lipinski definition) is 1. The van der Waals surface area contributed by atoms with Crippen LogP contribution < -0.4 is 5.32 Å². The van der Waals surface area contributed by atoms with Gasteiger partial charge in [-0.25, -0.2) is 4.79 Å². The normalized spacial score (nSPS) is 14.8. The molecule has 1 aliphatic rings. The SMILES string of the molecule is Cc1ccc(-c2ccsc2C(=O)OCC(=O)NCC2CCCCC2)cc1. The van der Waals surface area contributed by atoms with Gasteiger partial charge in [0.2, 0.25) is 0 Å². The second-order valence-electron chi connectivity index (χ2n) is 6.91. The first kappa shape index (κ1) is 18.6. The molecular weight excluding hydrogens is 346 g/mol. The predicted molar refractivity (Wildman–Crippen MR) is 104 cm³/mol. The summed E-state index contributed by atoms with van der Waals surface area (Å²) in [6.07, 6.45) is 6.14. The van der Waals surface area contributed by atoms with Crippen molar-refractivity contribution in [3.63, 3.8) is 0 Å². The number of nitrogens with one attached hydrogen (secondary N) is 1. The standard InChI is InChI=1S/C21H25NO3S/c1-15-7-9-17(10-8-15)18-11-12-26-20(18)21(24)25-14-19(23)22-13-16-5-3-2-4-6-16/h7-12,16H,2-6,13-14H2,1H3,(H,22,23). The van der Waals surface area contributed by atoms with Gasteiger partial charge in [-0.05, 0) is 42.7 Å². The molecule has 4 nitrogen and oxygen atoms in total. The summed E-state index contributed by atoms with van der Waals surface area (Å²) in [6.45, 7) is 2.49. The zero-order valence-electron chi connectivity index (χ0n) is 15.1. The number of ether oxygens (including phenoxy) is 1. The van der Waals surface area contributed by atoms with Crippen molar-refractivity contribution >= 4 is 23.2 Å². The molecule has 138 valence electrons. The number of carbonyl (C=O) groups is 2. The summed E-state index contributed by atoms with van der Waals surface area (Å²) >= 11 is 1.34. The van der Waals surface area contributed by atoms with Gasteiger partial charge in [-0.1, -0.05) is 49.1 Å². The Bertz CT molecular complexity index is 745. The van der Waals surface area contributed by atoms with E-state index < -0.39 is 5.97 Å². The molecular formula is C21H25NO3S. The highest BCUT2D eigenvalue weighted by atomic mass is 32.1. The van der Waals surface area contributed by atoms with Gasteiger partial charge in [-0.3, -0.25) is 4.79 Å². The van der Waals surface area contributed by atoms with Gasteiger partial charge in [0.1, 0.15) is 4.88 Å². The van der Waals surface area contributed by atoms with E-state index in [1.807, 2.05) is 42.6 Å². The van der Waals surface area contributed by atoms with Gasteiger partial charge in [0, 0.05) is 12.1 Å². The zero-order chi connectivity index (χ0) is 18.4. The van der Waals surface area contributed by atoms with E-state index in [9.17, 15) is 9.59 Å². The second kappa shape index (κ2) is 8.99. The van der Waals surface area contributed by atoms with Gasteiger partial charge >= 0.3 is 5.97 Å². The lowest BCUT2D eigenvalue weighted by Gasteiger charge is -2.21. The quantitative estimate of drug-likeness (QED) is 0.757. The number of benzene rings is 1. The second-order valence-corrected chi connectivity index (χ2v) is 7.83. The number of rotatable bonds is 6. The number of carbonyl (C=O) groups excluding carboxylic acids is 2. The Kier molecular flexibility index (Phi) is 6.45. The fourth-order valence-electron chi connectivity index (χ4n) is 3.32. The van der Waals surface area contributed by atoms with Gasteiger partial charge in [0.05, 0.1) is 0 Å². The molecule has 1 aromatic carbocycles. The van der Waals surface area contributed by atoms with Gasteiger partial charge in [0.25, 0.3) is 5.91 Å². The Morgan fingerprint density at radius 2 is 1.85 bits per heavy atom. The molecule has 0 aliphatic heterocycles. The van der Waals surface area contributed by atoms with Crippen molar-refractivity contribution in [2.75, 3.05) is 13.2 Å². The van der Waals surface area contributed by atoms with E-state index in [0.717, 1.165) is 11.1 Å². The van der Waals surface area contributed by atoms with Gasteiger partial charge in [-0.15, -0.1) is 11.3 Å². The molecule has 1 fully saturated rings. The first-order chi connectivity index (χ1) is 12.6. The molecule has 0 unspecified atom stereocenters. The maximum Gasteiger partial charge on any atom is 0.349 e. The summed E-state index contributed by atoms with van der Waals surface area (Å²) in [5.41, 5.74) is 3.00.